The summed E-state index contributed by atoms with van der Waals surface area (Å²) in [6, 6.07) is 8.09. The zero-order valence-electron chi connectivity index (χ0n) is 12.1. The van der Waals surface area contributed by atoms with Gasteiger partial charge in [0.1, 0.15) is 11.6 Å². The zero-order valence-corrected chi connectivity index (χ0v) is 12.9. The molecule has 1 aliphatic rings. The van der Waals surface area contributed by atoms with Gasteiger partial charge in [-0.3, -0.25) is 0 Å². The molecule has 0 N–H and O–H groups in total. The lowest BCUT2D eigenvalue weighted by atomic mass is 9.90. The Bertz CT molecular complexity index is 644. The molecule has 0 aliphatic carbocycles. The van der Waals surface area contributed by atoms with Gasteiger partial charge in [0.25, 0.3) is 0 Å². The molecule has 0 atom stereocenters. The SMILES string of the molecule is Cc1ccc(-c2nc(C(=O)OCC3(C)COC3)cs2)cc1. The van der Waals surface area contributed by atoms with E-state index in [2.05, 4.69) is 4.98 Å². The second kappa shape index (κ2) is 5.58. The van der Waals surface area contributed by atoms with Crippen molar-refractivity contribution in [3.63, 3.8) is 0 Å². The van der Waals surface area contributed by atoms with Gasteiger partial charge in [-0.25, -0.2) is 9.78 Å². The highest BCUT2D eigenvalue weighted by atomic mass is 32.1. The van der Waals surface area contributed by atoms with Crippen LogP contribution in [0, 0.1) is 12.3 Å². The lowest BCUT2D eigenvalue weighted by Gasteiger charge is -2.36. The van der Waals surface area contributed by atoms with E-state index in [-0.39, 0.29) is 11.4 Å². The van der Waals surface area contributed by atoms with Crippen molar-refractivity contribution < 1.29 is 14.3 Å². The van der Waals surface area contributed by atoms with Gasteiger partial charge in [0.2, 0.25) is 0 Å². The highest BCUT2D eigenvalue weighted by Crippen LogP contribution is 2.28. The molecular weight excluding hydrogens is 286 g/mol. The molecule has 0 amide bonds. The van der Waals surface area contributed by atoms with Crippen LogP contribution in [-0.4, -0.2) is 30.8 Å². The average molecular weight is 303 g/mol. The predicted octanol–water partition coefficient (Wildman–Crippen LogP) is 3.31. The fraction of sp³-hybridized carbons (Fsp3) is 0.375. The van der Waals surface area contributed by atoms with Gasteiger partial charge in [0.05, 0.1) is 13.2 Å². The van der Waals surface area contributed by atoms with E-state index in [4.69, 9.17) is 9.47 Å². The first-order chi connectivity index (χ1) is 10.1. The summed E-state index contributed by atoms with van der Waals surface area (Å²) in [5.41, 5.74) is 2.56. The normalized spacial score (nSPS) is 16.3. The summed E-state index contributed by atoms with van der Waals surface area (Å²) in [6.07, 6.45) is 0. The minimum Gasteiger partial charge on any atom is -0.460 e. The molecule has 0 bridgehead atoms. The minimum absolute atomic E-state index is 0.0362. The molecule has 3 rings (SSSR count). The molecular formula is C16H17NO3S. The van der Waals surface area contributed by atoms with Crippen LogP contribution < -0.4 is 0 Å². The maximum Gasteiger partial charge on any atom is 0.357 e. The van der Waals surface area contributed by atoms with Gasteiger partial charge in [-0.15, -0.1) is 11.3 Å². The number of thiazole rings is 1. The molecule has 110 valence electrons. The first-order valence-electron chi connectivity index (χ1n) is 6.83. The molecule has 0 radical (unpaired) electrons. The lowest BCUT2D eigenvalue weighted by molar-refractivity contribution is -0.127. The Labute approximate surface area is 127 Å². The Morgan fingerprint density at radius 3 is 2.71 bits per heavy atom. The van der Waals surface area contributed by atoms with E-state index in [9.17, 15) is 4.79 Å². The molecule has 0 unspecified atom stereocenters. The smallest absolute Gasteiger partial charge is 0.357 e. The van der Waals surface area contributed by atoms with Crippen molar-refractivity contribution in [2.75, 3.05) is 19.8 Å². The van der Waals surface area contributed by atoms with Crippen LogP contribution in [0.5, 0.6) is 0 Å². The van der Waals surface area contributed by atoms with Crippen LogP contribution in [0.4, 0.5) is 0 Å². The maximum absolute atomic E-state index is 12.0. The predicted molar refractivity (Wildman–Crippen MR) is 81.5 cm³/mol. The molecule has 21 heavy (non-hydrogen) atoms. The van der Waals surface area contributed by atoms with Gasteiger partial charge < -0.3 is 9.47 Å². The number of hydrogen-bond acceptors (Lipinski definition) is 5. The Hall–Kier alpha value is -1.72. The van der Waals surface area contributed by atoms with Gasteiger partial charge in [-0.1, -0.05) is 36.8 Å². The minimum atomic E-state index is -0.363. The van der Waals surface area contributed by atoms with Gasteiger partial charge in [-0.2, -0.15) is 0 Å². The topological polar surface area (TPSA) is 48.4 Å². The van der Waals surface area contributed by atoms with Crippen LogP contribution in [0.1, 0.15) is 23.0 Å². The zero-order chi connectivity index (χ0) is 14.9. The Morgan fingerprint density at radius 1 is 1.38 bits per heavy atom. The number of hydrogen-bond donors (Lipinski definition) is 0. The van der Waals surface area contributed by atoms with E-state index in [1.165, 1.54) is 16.9 Å². The highest BCUT2D eigenvalue weighted by molar-refractivity contribution is 7.13. The van der Waals surface area contributed by atoms with Crippen LogP contribution in [0.3, 0.4) is 0 Å². The summed E-state index contributed by atoms with van der Waals surface area (Å²) in [5, 5.41) is 2.58. The summed E-state index contributed by atoms with van der Waals surface area (Å²) in [6.45, 7) is 5.75. The number of carbonyl (C=O) groups is 1. The van der Waals surface area contributed by atoms with Crippen molar-refractivity contribution in [1.82, 2.24) is 4.98 Å². The summed E-state index contributed by atoms with van der Waals surface area (Å²) in [7, 11) is 0. The summed E-state index contributed by atoms with van der Waals surface area (Å²) in [4.78, 5) is 16.4. The van der Waals surface area contributed by atoms with Crippen LogP contribution in [-0.2, 0) is 9.47 Å². The number of benzene rings is 1. The lowest BCUT2D eigenvalue weighted by Crippen LogP contribution is -2.44. The number of aromatic nitrogens is 1. The van der Waals surface area contributed by atoms with Crippen molar-refractivity contribution in [2.24, 2.45) is 5.41 Å². The molecule has 1 fully saturated rings. The van der Waals surface area contributed by atoms with Gasteiger partial charge in [0, 0.05) is 16.4 Å². The fourth-order valence-corrected chi connectivity index (χ4v) is 2.84. The summed E-state index contributed by atoms with van der Waals surface area (Å²) >= 11 is 1.45. The van der Waals surface area contributed by atoms with Crippen molar-refractivity contribution >= 4 is 17.3 Å². The molecule has 2 aromatic rings. The van der Waals surface area contributed by atoms with E-state index in [0.29, 0.717) is 25.5 Å². The first-order valence-corrected chi connectivity index (χ1v) is 7.71. The average Bonchev–Trinajstić information content (AvgIpc) is 2.93. The molecule has 2 heterocycles. The molecule has 4 nitrogen and oxygen atoms in total. The number of rotatable bonds is 4. The van der Waals surface area contributed by atoms with Crippen LogP contribution in [0.25, 0.3) is 10.6 Å². The largest absolute Gasteiger partial charge is 0.460 e. The van der Waals surface area contributed by atoms with E-state index >= 15 is 0 Å². The Kier molecular flexibility index (Phi) is 3.78. The third-order valence-electron chi connectivity index (χ3n) is 3.46. The molecule has 5 heteroatoms. The molecule has 1 saturated heterocycles. The van der Waals surface area contributed by atoms with Crippen molar-refractivity contribution in [3.8, 4) is 10.6 Å². The maximum atomic E-state index is 12.0. The standard InChI is InChI=1S/C16H17NO3S/c1-11-3-5-12(6-4-11)14-17-13(7-21-14)15(18)20-10-16(2)8-19-9-16/h3-7H,8-10H2,1-2H3. The number of aryl methyl sites for hydroxylation is 1. The van der Waals surface area contributed by atoms with Gasteiger partial charge in [0.15, 0.2) is 5.69 Å². The van der Waals surface area contributed by atoms with Gasteiger partial charge in [-0.05, 0) is 6.92 Å². The number of ether oxygens (including phenoxy) is 2. The van der Waals surface area contributed by atoms with E-state index in [1.54, 1.807) is 5.38 Å². The molecule has 1 aliphatic heterocycles. The number of nitrogens with zero attached hydrogens (tertiary/aromatic N) is 1. The van der Waals surface area contributed by atoms with E-state index in [0.717, 1.165) is 10.6 Å². The van der Waals surface area contributed by atoms with Crippen LogP contribution in [0.15, 0.2) is 29.6 Å². The van der Waals surface area contributed by atoms with Crippen LogP contribution in [0.2, 0.25) is 0 Å². The molecule has 1 aromatic carbocycles. The summed E-state index contributed by atoms with van der Waals surface area (Å²) < 4.78 is 10.5. The number of carbonyl (C=O) groups excluding carboxylic acids is 1. The molecule has 0 saturated carbocycles. The van der Waals surface area contributed by atoms with Crippen molar-refractivity contribution in [3.05, 3.63) is 40.9 Å². The fourth-order valence-electron chi connectivity index (χ4n) is 2.04. The van der Waals surface area contributed by atoms with Crippen molar-refractivity contribution in [2.45, 2.75) is 13.8 Å². The third-order valence-corrected chi connectivity index (χ3v) is 4.36. The monoisotopic (exact) mass is 303 g/mol. The van der Waals surface area contributed by atoms with Crippen molar-refractivity contribution in [1.29, 1.82) is 0 Å². The summed E-state index contributed by atoms with van der Waals surface area (Å²) in [5.74, 6) is -0.363. The van der Waals surface area contributed by atoms with E-state index in [1.807, 2.05) is 38.1 Å². The van der Waals surface area contributed by atoms with Gasteiger partial charge >= 0.3 is 5.97 Å². The second-order valence-electron chi connectivity index (χ2n) is 5.78. The first kappa shape index (κ1) is 14.2. The highest BCUT2D eigenvalue weighted by Gasteiger charge is 2.35. The number of esters is 1. The quantitative estimate of drug-likeness (QED) is 0.813. The second-order valence-corrected chi connectivity index (χ2v) is 6.64. The van der Waals surface area contributed by atoms with Crippen LogP contribution >= 0.6 is 11.3 Å². The molecule has 1 aromatic heterocycles. The Morgan fingerprint density at radius 2 is 2.10 bits per heavy atom. The van der Waals surface area contributed by atoms with E-state index < -0.39 is 0 Å². The molecule has 0 spiro atoms. The third kappa shape index (κ3) is 3.14. The Balaban J connectivity index is 1.66.